The lowest BCUT2D eigenvalue weighted by Gasteiger charge is -2.36. The van der Waals surface area contributed by atoms with Crippen LogP contribution in [0.25, 0.3) is 0 Å². The zero-order valence-corrected chi connectivity index (χ0v) is 18.3. The minimum Gasteiger partial charge on any atom is -0.484 e. The van der Waals surface area contributed by atoms with Crippen LogP contribution in [-0.4, -0.2) is 54.5 Å². The Morgan fingerprint density at radius 3 is 2.12 bits per heavy atom. The minimum atomic E-state index is -0.0354. The number of anilines is 1. The Labute approximate surface area is 192 Å². The number of oxime groups is 1. The van der Waals surface area contributed by atoms with Crippen LogP contribution in [0, 0.1) is 0 Å². The molecule has 0 bridgehead atoms. The summed E-state index contributed by atoms with van der Waals surface area (Å²) in [6, 6.07) is 24.4. The average Bonchev–Trinajstić information content (AvgIpc) is 2.85. The highest BCUT2D eigenvalue weighted by molar-refractivity contribution is 6.30. The summed E-state index contributed by atoms with van der Waals surface area (Å²) in [6.07, 6.45) is 0. The van der Waals surface area contributed by atoms with Gasteiger partial charge < -0.3 is 19.7 Å². The highest BCUT2D eigenvalue weighted by Crippen LogP contribution is 2.20. The van der Waals surface area contributed by atoms with Crippen molar-refractivity contribution in [3.8, 4) is 5.75 Å². The van der Waals surface area contributed by atoms with E-state index in [1.54, 1.807) is 12.1 Å². The number of carbonyl (C=O) groups excluding carboxylic acids is 1. The first kappa shape index (κ1) is 21.7. The van der Waals surface area contributed by atoms with Crippen LogP contribution in [0.1, 0.15) is 11.1 Å². The lowest BCUT2D eigenvalue weighted by molar-refractivity contribution is -0.133. The number of nitrogens with zero attached hydrogens (tertiary/aromatic N) is 3. The molecule has 1 heterocycles. The molecule has 4 rings (SSSR count). The summed E-state index contributed by atoms with van der Waals surface area (Å²) in [6.45, 7) is 2.82. The monoisotopic (exact) mass is 449 g/mol. The molecule has 0 saturated carbocycles. The maximum atomic E-state index is 12.6. The number of ether oxygens (including phenoxy) is 1. The first-order chi connectivity index (χ1) is 15.6. The summed E-state index contributed by atoms with van der Waals surface area (Å²) in [5.74, 6) is 0.555. The third kappa shape index (κ3) is 5.21. The van der Waals surface area contributed by atoms with Gasteiger partial charge in [-0.1, -0.05) is 47.1 Å². The number of piperazine rings is 1. The summed E-state index contributed by atoms with van der Waals surface area (Å²) in [7, 11) is 0. The van der Waals surface area contributed by atoms with Crippen molar-refractivity contribution in [3.63, 3.8) is 0 Å². The number of carbonyl (C=O) groups is 1. The van der Waals surface area contributed by atoms with E-state index in [2.05, 4.69) is 10.1 Å². The molecule has 0 radical (unpaired) electrons. The van der Waals surface area contributed by atoms with Gasteiger partial charge in [0.25, 0.3) is 5.91 Å². The fourth-order valence-electron chi connectivity index (χ4n) is 3.69. The molecule has 1 fully saturated rings. The maximum absolute atomic E-state index is 12.6. The second kappa shape index (κ2) is 10.2. The summed E-state index contributed by atoms with van der Waals surface area (Å²) >= 11 is 5.96. The quantitative estimate of drug-likeness (QED) is 0.346. The zero-order chi connectivity index (χ0) is 22.3. The highest BCUT2D eigenvalue weighted by Gasteiger charge is 2.21. The van der Waals surface area contributed by atoms with Crippen LogP contribution >= 0.6 is 11.6 Å². The molecule has 1 N–H and O–H groups in total. The van der Waals surface area contributed by atoms with Gasteiger partial charge in [0, 0.05) is 48.0 Å². The number of hydrogen-bond acceptors (Lipinski definition) is 5. The van der Waals surface area contributed by atoms with Crippen LogP contribution in [0.15, 0.2) is 84.0 Å². The van der Waals surface area contributed by atoms with Gasteiger partial charge in [-0.05, 0) is 48.5 Å². The topological polar surface area (TPSA) is 65.4 Å². The summed E-state index contributed by atoms with van der Waals surface area (Å²) < 4.78 is 5.70. The molecule has 32 heavy (non-hydrogen) atoms. The first-order valence-corrected chi connectivity index (χ1v) is 10.8. The Kier molecular flexibility index (Phi) is 6.92. The second-order valence-electron chi connectivity index (χ2n) is 7.47. The molecule has 1 aliphatic rings. The Hall–Kier alpha value is -3.51. The molecule has 0 aromatic heterocycles. The largest absolute Gasteiger partial charge is 0.484 e. The van der Waals surface area contributed by atoms with Crippen molar-refractivity contribution >= 4 is 28.9 Å². The van der Waals surface area contributed by atoms with Crippen LogP contribution in [-0.2, 0) is 4.79 Å². The van der Waals surface area contributed by atoms with E-state index in [9.17, 15) is 10.0 Å². The molecule has 1 aliphatic heterocycles. The molecular weight excluding hydrogens is 426 g/mol. The van der Waals surface area contributed by atoms with Gasteiger partial charge in [-0.3, -0.25) is 4.79 Å². The van der Waals surface area contributed by atoms with E-state index < -0.39 is 0 Å². The number of benzene rings is 3. The third-order valence-electron chi connectivity index (χ3n) is 5.46. The Morgan fingerprint density at radius 1 is 0.875 bits per heavy atom. The molecule has 7 heteroatoms. The summed E-state index contributed by atoms with van der Waals surface area (Å²) in [4.78, 5) is 16.6. The van der Waals surface area contributed by atoms with Gasteiger partial charge in [0.1, 0.15) is 11.5 Å². The molecular formula is C25H24ClN3O3. The van der Waals surface area contributed by atoms with Gasteiger partial charge >= 0.3 is 0 Å². The van der Waals surface area contributed by atoms with Gasteiger partial charge in [-0.15, -0.1) is 0 Å². The summed E-state index contributed by atoms with van der Waals surface area (Å²) in [5.41, 5.74) is 3.17. The number of hydrogen-bond donors (Lipinski definition) is 1. The molecule has 0 spiro atoms. The second-order valence-corrected chi connectivity index (χ2v) is 7.91. The van der Waals surface area contributed by atoms with Gasteiger partial charge in [0.2, 0.25) is 0 Å². The first-order valence-electron chi connectivity index (χ1n) is 10.4. The van der Waals surface area contributed by atoms with E-state index in [4.69, 9.17) is 16.3 Å². The fourth-order valence-corrected chi connectivity index (χ4v) is 3.82. The zero-order valence-electron chi connectivity index (χ0n) is 17.5. The lowest BCUT2D eigenvalue weighted by Crippen LogP contribution is -2.50. The van der Waals surface area contributed by atoms with Crippen LogP contribution in [0.2, 0.25) is 5.02 Å². The van der Waals surface area contributed by atoms with Crippen molar-refractivity contribution in [1.29, 1.82) is 0 Å². The lowest BCUT2D eigenvalue weighted by atomic mass is 10.0. The van der Waals surface area contributed by atoms with E-state index in [1.807, 2.05) is 71.6 Å². The van der Waals surface area contributed by atoms with Crippen molar-refractivity contribution in [2.75, 3.05) is 37.7 Å². The SMILES string of the molecule is O=C(COc1ccc(C(=NO)c2ccccc2)cc1)N1CCN(c2ccc(Cl)cc2)CC1. The number of amides is 1. The molecule has 3 aromatic carbocycles. The van der Waals surface area contributed by atoms with Gasteiger partial charge in [0.15, 0.2) is 6.61 Å². The smallest absolute Gasteiger partial charge is 0.260 e. The van der Waals surface area contributed by atoms with E-state index in [1.165, 1.54) is 0 Å². The molecule has 3 aromatic rings. The Morgan fingerprint density at radius 2 is 1.50 bits per heavy atom. The predicted octanol–water partition coefficient (Wildman–Crippen LogP) is 4.29. The fraction of sp³-hybridized carbons (Fsp3) is 0.200. The normalized spacial score (nSPS) is 14.3. The Bertz CT molecular complexity index is 1060. The van der Waals surface area contributed by atoms with Crippen LogP contribution < -0.4 is 9.64 Å². The highest BCUT2D eigenvalue weighted by atomic mass is 35.5. The van der Waals surface area contributed by atoms with Crippen molar-refractivity contribution < 1.29 is 14.7 Å². The minimum absolute atomic E-state index is 0.0140. The average molecular weight is 450 g/mol. The van der Waals surface area contributed by atoms with Crippen LogP contribution in [0.3, 0.4) is 0 Å². The van der Waals surface area contributed by atoms with E-state index in [0.29, 0.717) is 29.6 Å². The van der Waals surface area contributed by atoms with Crippen molar-refractivity contribution in [3.05, 3.63) is 95.0 Å². The molecule has 0 unspecified atom stereocenters. The maximum Gasteiger partial charge on any atom is 0.260 e. The summed E-state index contributed by atoms with van der Waals surface area (Å²) in [5, 5.41) is 13.6. The molecule has 0 aliphatic carbocycles. The molecule has 1 amide bonds. The van der Waals surface area contributed by atoms with Crippen LogP contribution in [0.4, 0.5) is 5.69 Å². The molecule has 164 valence electrons. The van der Waals surface area contributed by atoms with Gasteiger partial charge in [-0.25, -0.2) is 0 Å². The van der Waals surface area contributed by atoms with E-state index >= 15 is 0 Å². The van der Waals surface area contributed by atoms with E-state index in [-0.39, 0.29) is 12.5 Å². The van der Waals surface area contributed by atoms with Crippen molar-refractivity contribution in [2.24, 2.45) is 5.16 Å². The third-order valence-corrected chi connectivity index (χ3v) is 5.71. The van der Waals surface area contributed by atoms with E-state index in [0.717, 1.165) is 29.9 Å². The van der Waals surface area contributed by atoms with Gasteiger partial charge in [-0.2, -0.15) is 0 Å². The number of rotatable bonds is 6. The van der Waals surface area contributed by atoms with Crippen LogP contribution in [0.5, 0.6) is 5.75 Å². The predicted molar refractivity (Wildman–Crippen MR) is 126 cm³/mol. The molecule has 0 atom stereocenters. The van der Waals surface area contributed by atoms with Crippen molar-refractivity contribution in [2.45, 2.75) is 0 Å². The Balaban J connectivity index is 1.28. The number of halogens is 1. The molecule has 1 saturated heterocycles. The van der Waals surface area contributed by atoms with Gasteiger partial charge in [0.05, 0.1) is 0 Å². The molecule has 6 nitrogen and oxygen atoms in total. The standard InChI is InChI=1S/C25H24ClN3O3/c26-21-8-10-22(11-9-21)28-14-16-29(17-15-28)24(30)18-32-23-12-6-20(7-13-23)25(27-31)19-4-2-1-3-5-19/h1-13,31H,14-18H2. The van der Waals surface area contributed by atoms with Crippen molar-refractivity contribution in [1.82, 2.24) is 4.90 Å².